The zero-order valence-electron chi connectivity index (χ0n) is 16.1. The molecule has 1 unspecified atom stereocenters. The van der Waals surface area contributed by atoms with Crippen molar-refractivity contribution in [2.75, 3.05) is 25.5 Å². The van der Waals surface area contributed by atoms with Crippen molar-refractivity contribution in [2.24, 2.45) is 5.92 Å². The van der Waals surface area contributed by atoms with Crippen molar-refractivity contribution in [1.29, 1.82) is 0 Å². The van der Waals surface area contributed by atoms with Crippen LogP contribution >= 0.6 is 0 Å². The van der Waals surface area contributed by atoms with Crippen LogP contribution in [0.1, 0.15) is 23.1 Å². The monoisotopic (exact) mass is 366 g/mol. The maximum Gasteiger partial charge on any atom is 0.229 e. The van der Waals surface area contributed by atoms with Gasteiger partial charge in [0.15, 0.2) is 0 Å². The molecule has 5 nitrogen and oxygen atoms in total. The molecule has 1 fully saturated rings. The minimum atomic E-state index is -0.309. The van der Waals surface area contributed by atoms with Crippen molar-refractivity contribution < 1.29 is 14.3 Å². The fourth-order valence-electron chi connectivity index (χ4n) is 3.39. The van der Waals surface area contributed by atoms with Crippen LogP contribution in [-0.2, 0) is 16.0 Å². The number of likely N-dealkylation sites (tertiary alicyclic amines) is 1. The lowest BCUT2D eigenvalue weighted by Crippen LogP contribution is -2.30. The Morgan fingerprint density at radius 2 is 1.96 bits per heavy atom. The molecule has 5 heteroatoms. The first-order chi connectivity index (χ1) is 13.0. The highest BCUT2D eigenvalue weighted by Gasteiger charge is 2.34. The summed E-state index contributed by atoms with van der Waals surface area (Å²) in [6.07, 6.45) is 0.976. The van der Waals surface area contributed by atoms with Gasteiger partial charge >= 0.3 is 0 Å². The molecule has 0 aromatic heterocycles. The molecule has 1 heterocycles. The van der Waals surface area contributed by atoms with Crippen molar-refractivity contribution in [3.05, 3.63) is 59.2 Å². The van der Waals surface area contributed by atoms with Crippen molar-refractivity contribution >= 4 is 17.5 Å². The van der Waals surface area contributed by atoms with Crippen LogP contribution in [0.5, 0.6) is 5.75 Å². The molecular formula is C22H26N2O3. The predicted molar refractivity (Wildman–Crippen MR) is 106 cm³/mol. The fourth-order valence-corrected chi connectivity index (χ4v) is 3.39. The van der Waals surface area contributed by atoms with E-state index in [-0.39, 0.29) is 24.2 Å². The van der Waals surface area contributed by atoms with Gasteiger partial charge in [-0.05, 0) is 55.2 Å². The number of carbonyl (C=O) groups excluding carboxylic acids is 2. The molecule has 1 aliphatic heterocycles. The SMILES string of the molecule is COc1ccccc1CCN1CC(C(=O)Nc2ccc(C)c(C)c2)CC1=O. The van der Waals surface area contributed by atoms with Crippen LogP contribution in [0, 0.1) is 19.8 Å². The average molecular weight is 366 g/mol. The molecular weight excluding hydrogens is 340 g/mol. The number of nitrogens with zero attached hydrogens (tertiary/aromatic N) is 1. The highest BCUT2D eigenvalue weighted by Crippen LogP contribution is 2.23. The fraction of sp³-hybridized carbons (Fsp3) is 0.364. The lowest BCUT2D eigenvalue weighted by atomic mass is 10.1. The second-order valence-corrected chi connectivity index (χ2v) is 7.09. The van der Waals surface area contributed by atoms with E-state index in [4.69, 9.17) is 4.74 Å². The summed E-state index contributed by atoms with van der Waals surface area (Å²) in [5, 5.41) is 2.95. The Hall–Kier alpha value is -2.82. The van der Waals surface area contributed by atoms with Crippen LogP contribution < -0.4 is 10.1 Å². The second kappa shape index (κ2) is 8.25. The van der Waals surface area contributed by atoms with E-state index in [1.54, 1.807) is 12.0 Å². The lowest BCUT2D eigenvalue weighted by molar-refractivity contribution is -0.128. The van der Waals surface area contributed by atoms with Crippen LogP contribution in [0.2, 0.25) is 0 Å². The van der Waals surface area contributed by atoms with Crippen LogP contribution in [0.4, 0.5) is 5.69 Å². The minimum Gasteiger partial charge on any atom is -0.496 e. The number of ether oxygens (including phenoxy) is 1. The maximum absolute atomic E-state index is 12.6. The standard InChI is InChI=1S/C22H26N2O3/c1-15-8-9-19(12-16(15)2)23-22(26)18-13-21(25)24(14-18)11-10-17-6-4-5-7-20(17)27-3/h4-9,12,18H,10-11,13-14H2,1-3H3,(H,23,26). The van der Waals surface area contributed by atoms with E-state index in [9.17, 15) is 9.59 Å². The summed E-state index contributed by atoms with van der Waals surface area (Å²) in [5.41, 5.74) is 4.17. The number of aryl methyl sites for hydroxylation is 2. The third-order valence-electron chi connectivity index (χ3n) is 5.20. The van der Waals surface area contributed by atoms with Crippen molar-refractivity contribution in [1.82, 2.24) is 4.90 Å². The first kappa shape index (κ1) is 19.0. The van der Waals surface area contributed by atoms with Gasteiger partial charge in [0, 0.05) is 25.2 Å². The Labute approximate surface area is 160 Å². The number of hydrogen-bond acceptors (Lipinski definition) is 3. The summed E-state index contributed by atoms with van der Waals surface area (Å²) < 4.78 is 5.36. The topological polar surface area (TPSA) is 58.6 Å². The van der Waals surface area contributed by atoms with Crippen LogP contribution in [0.15, 0.2) is 42.5 Å². The number of nitrogens with one attached hydrogen (secondary N) is 1. The summed E-state index contributed by atoms with van der Waals surface area (Å²) in [6.45, 7) is 5.11. The zero-order valence-corrected chi connectivity index (χ0v) is 16.1. The van der Waals surface area contributed by atoms with E-state index in [0.717, 1.165) is 22.6 Å². The number of anilines is 1. The molecule has 0 radical (unpaired) electrons. The molecule has 3 rings (SSSR count). The van der Waals surface area contributed by atoms with E-state index >= 15 is 0 Å². The first-order valence-corrected chi connectivity index (χ1v) is 9.25. The molecule has 2 amide bonds. The molecule has 0 spiro atoms. The smallest absolute Gasteiger partial charge is 0.229 e. The number of para-hydroxylation sites is 1. The average Bonchev–Trinajstić information content (AvgIpc) is 3.04. The number of rotatable bonds is 6. The molecule has 1 aliphatic rings. The Morgan fingerprint density at radius 1 is 1.19 bits per heavy atom. The van der Waals surface area contributed by atoms with E-state index < -0.39 is 0 Å². The van der Waals surface area contributed by atoms with E-state index in [2.05, 4.69) is 5.32 Å². The Morgan fingerprint density at radius 3 is 2.70 bits per heavy atom. The third kappa shape index (κ3) is 4.48. The van der Waals surface area contributed by atoms with Gasteiger partial charge in [-0.15, -0.1) is 0 Å². The normalized spacial score (nSPS) is 16.5. The third-order valence-corrected chi connectivity index (χ3v) is 5.20. The van der Waals surface area contributed by atoms with Crippen molar-refractivity contribution in [2.45, 2.75) is 26.7 Å². The van der Waals surface area contributed by atoms with E-state index in [0.29, 0.717) is 19.5 Å². The van der Waals surface area contributed by atoms with Gasteiger partial charge in [0.1, 0.15) is 5.75 Å². The van der Waals surface area contributed by atoms with Crippen LogP contribution in [-0.4, -0.2) is 36.9 Å². The zero-order chi connectivity index (χ0) is 19.4. The van der Waals surface area contributed by atoms with Gasteiger partial charge in [0.05, 0.1) is 13.0 Å². The Kier molecular flexibility index (Phi) is 5.79. The molecule has 2 aromatic carbocycles. The highest BCUT2D eigenvalue weighted by molar-refractivity contribution is 5.97. The van der Waals surface area contributed by atoms with Gasteiger partial charge in [0.2, 0.25) is 11.8 Å². The molecule has 27 heavy (non-hydrogen) atoms. The molecule has 0 bridgehead atoms. The largest absolute Gasteiger partial charge is 0.496 e. The molecule has 0 aliphatic carbocycles. The molecule has 1 atom stereocenters. The lowest BCUT2D eigenvalue weighted by Gasteiger charge is -2.17. The molecule has 1 saturated heterocycles. The Balaban J connectivity index is 1.57. The van der Waals surface area contributed by atoms with Gasteiger partial charge in [-0.25, -0.2) is 0 Å². The van der Waals surface area contributed by atoms with Crippen molar-refractivity contribution in [3.8, 4) is 5.75 Å². The second-order valence-electron chi connectivity index (χ2n) is 7.09. The number of benzene rings is 2. The minimum absolute atomic E-state index is 0.0325. The summed E-state index contributed by atoms with van der Waals surface area (Å²) in [5.74, 6) is 0.460. The first-order valence-electron chi connectivity index (χ1n) is 9.25. The van der Waals surface area contributed by atoms with Gasteiger partial charge < -0.3 is 15.0 Å². The van der Waals surface area contributed by atoms with E-state index in [1.165, 1.54) is 5.56 Å². The summed E-state index contributed by atoms with van der Waals surface area (Å²) in [7, 11) is 1.65. The van der Waals surface area contributed by atoms with Crippen LogP contribution in [0.25, 0.3) is 0 Å². The van der Waals surface area contributed by atoms with E-state index in [1.807, 2.05) is 56.3 Å². The van der Waals surface area contributed by atoms with Gasteiger partial charge in [-0.1, -0.05) is 24.3 Å². The number of methoxy groups -OCH3 is 1. The molecule has 142 valence electrons. The Bertz CT molecular complexity index is 847. The highest BCUT2D eigenvalue weighted by atomic mass is 16.5. The van der Waals surface area contributed by atoms with Crippen molar-refractivity contribution in [3.63, 3.8) is 0 Å². The predicted octanol–water partition coefficient (Wildman–Crippen LogP) is 3.34. The molecule has 0 saturated carbocycles. The number of carbonyl (C=O) groups is 2. The summed E-state index contributed by atoms with van der Waals surface area (Å²) >= 11 is 0. The van der Waals surface area contributed by atoms with Gasteiger partial charge in [0.25, 0.3) is 0 Å². The molecule has 2 aromatic rings. The summed E-state index contributed by atoms with van der Waals surface area (Å²) in [4.78, 5) is 26.7. The quantitative estimate of drug-likeness (QED) is 0.853. The number of amides is 2. The summed E-state index contributed by atoms with van der Waals surface area (Å²) in [6, 6.07) is 13.7. The number of hydrogen-bond donors (Lipinski definition) is 1. The van der Waals surface area contributed by atoms with Gasteiger partial charge in [-0.2, -0.15) is 0 Å². The van der Waals surface area contributed by atoms with Gasteiger partial charge in [-0.3, -0.25) is 9.59 Å². The molecule has 1 N–H and O–H groups in total. The maximum atomic E-state index is 12.6. The van der Waals surface area contributed by atoms with Crippen LogP contribution in [0.3, 0.4) is 0 Å².